The van der Waals surface area contributed by atoms with Crippen LogP contribution in [0.1, 0.15) is 38.3 Å². The molecule has 4 N–H and O–H groups in total. The number of rotatable bonds is 14. The maximum atomic E-state index is 12.8. The van der Waals surface area contributed by atoms with E-state index in [2.05, 4.69) is 31.8 Å². The molecule has 0 radical (unpaired) electrons. The minimum atomic E-state index is -0.791. The third-order valence-electron chi connectivity index (χ3n) is 4.89. The minimum Gasteiger partial charge on any atom is -0.490 e. The van der Waals surface area contributed by atoms with Gasteiger partial charge < -0.3 is 25.3 Å². The van der Waals surface area contributed by atoms with Gasteiger partial charge in [0.05, 0.1) is 17.3 Å². The first-order chi connectivity index (χ1) is 17.6. The lowest BCUT2D eigenvalue weighted by Gasteiger charge is -2.19. The van der Waals surface area contributed by atoms with Gasteiger partial charge in [0.1, 0.15) is 11.8 Å². The molecule has 0 bridgehead atoms. The number of hydrazone groups is 1. The van der Waals surface area contributed by atoms with Crippen molar-refractivity contribution in [2.75, 3.05) is 19.8 Å². The highest BCUT2D eigenvalue weighted by Gasteiger charge is 2.22. The van der Waals surface area contributed by atoms with Crippen LogP contribution in [0.3, 0.4) is 0 Å². The van der Waals surface area contributed by atoms with Gasteiger partial charge in [0.25, 0.3) is 17.7 Å². The van der Waals surface area contributed by atoms with Gasteiger partial charge in [0.15, 0.2) is 24.7 Å². The van der Waals surface area contributed by atoms with Crippen LogP contribution in [-0.4, -0.2) is 49.8 Å². The Morgan fingerprint density at radius 1 is 1.08 bits per heavy atom. The van der Waals surface area contributed by atoms with Crippen LogP contribution in [0.25, 0.3) is 0 Å². The summed E-state index contributed by atoms with van der Waals surface area (Å²) < 4.78 is 17.1. The lowest BCUT2D eigenvalue weighted by atomic mass is 10.0. The first-order valence-corrected chi connectivity index (χ1v) is 12.6. The quantitative estimate of drug-likeness (QED) is 0.233. The second kappa shape index (κ2) is 14.8. The molecule has 2 rings (SSSR count). The van der Waals surface area contributed by atoms with E-state index in [0.717, 1.165) is 5.56 Å². The summed E-state index contributed by atoms with van der Waals surface area (Å²) >= 11 is 3.39. The van der Waals surface area contributed by atoms with E-state index < -0.39 is 23.8 Å². The molecule has 0 spiro atoms. The molecule has 200 valence electrons. The molecule has 10 nitrogen and oxygen atoms in total. The maximum absolute atomic E-state index is 12.8. The van der Waals surface area contributed by atoms with E-state index in [-0.39, 0.29) is 19.1 Å². The van der Waals surface area contributed by atoms with E-state index in [9.17, 15) is 14.4 Å². The molecule has 37 heavy (non-hydrogen) atoms. The zero-order chi connectivity index (χ0) is 27.4. The van der Waals surface area contributed by atoms with E-state index in [1.54, 1.807) is 18.2 Å². The monoisotopic (exact) mass is 576 g/mol. The number of primary amides is 1. The fourth-order valence-electron chi connectivity index (χ4n) is 3.26. The van der Waals surface area contributed by atoms with Crippen LogP contribution < -0.4 is 30.7 Å². The van der Waals surface area contributed by atoms with Crippen LogP contribution in [0.5, 0.6) is 17.2 Å². The summed E-state index contributed by atoms with van der Waals surface area (Å²) in [6.07, 6.45) is 1.85. The molecule has 0 aliphatic rings. The molecule has 0 saturated heterocycles. The zero-order valence-corrected chi connectivity index (χ0v) is 23.0. The molecule has 0 aliphatic heterocycles. The van der Waals surface area contributed by atoms with Crippen LogP contribution in [0.4, 0.5) is 0 Å². The van der Waals surface area contributed by atoms with Crippen LogP contribution in [0.2, 0.25) is 0 Å². The second-order valence-corrected chi connectivity index (χ2v) is 9.41. The molecule has 0 aliphatic carbocycles. The largest absolute Gasteiger partial charge is 0.490 e. The summed E-state index contributed by atoms with van der Waals surface area (Å²) in [4.78, 5) is 36.3. The van der Waals surface area contributed by atoms with Crippen molar-refractivity contribution < 1.29 is 28.6 Å². The van der Waals surface area contributed by atoms with Crippen molar-refractivity contribution in [3.05, 3.63) is 52.0 Å². The molecule has 2 aromatic rings. The van der Waals surface area contributed by atoms with Gasteiger partial charge in [-0.2, -0.15) is 5.10 Å². The lowest BCUT2D eigenvalue weighted by molar-refractivity contribution is -0.130. The van der Waals surface area contributed by atoms with Crippen molar-refractivity contribution >= 4 is 39.9 Å². The second-order valence-electron chi connectivity index (χ2n) is 8.56. The Bertz CT molecular complexity index is 1120. The highest BCUT2D eigenvalue weighted by Crippen LogP contribution is 2.36. The molecule has 0 unspecified atom stereocenters. The SMILES string of the molecule is CCOc1cc(/C=N\NC(=O)[C@H](CC(C)C)NC(=O)COc2ccccc2C)cc(Br)c1OCC(N)=O. The summed E-state index contributed by atoms with van der Waals surface area (Å²) in [6.45, 7) is 7.44. The van der Waals surface area contributed by atoms with Gasteiger partial charge in [0, 0.05) is 0 Å². The fourth-order valence-corrected chi connectivity index (χ4v) is 3.83. The molecule has 0 aromatic heterocycles. The normalized spacial score (nSPS) is 11.7. The third kappa shape index (κ3) is 10.1. The van der Waals surface area contributed by atoms with Gasteiger partial charge in [-0.25, -0.2) is 5.43 Å². The maximum Gasteiger partial charge on any atom is 0.262 e. The van der Waals surface area contributed by atoms with Gasteiger partial charge in [-0.05, 0) is 71.4 Å². The van der Waals surface area contributed by atoms with Crippen molar-refractivity contribution in [1.29, 1.82) is 0 Å². The van der Waals surface area contributed by atoms with Crippen molar-refractivity contribution in [2.24, 2.45) is 16.8 Å². The molecule has 1 atom stereocenters. The number of nitrogens with zero attached hydrogens (tertiary/aromatic N) is 1. The number of nitrogens with one attached hydrogen (secondary N) is 2. The summed E-state index contributed by atoms with van der Waals surface area (Å²) in [6, 6.07) is 9.92. The number of amides is 3. The Labute approximate surface area is 225 Å². The first-order valence-electron chi connectivity index (χ1n) is 11.8. The minimum absolute atomic E-state index is 0.148. The number of para-hydroxylation sites is 1. The van der Waals surface area contributed by atoms with E-state index in [1.807, 2.05) is 45.9 Å². The Morgan fingerprint density at radius 2 is 1.81 bits per heavy atom. The highest BCUT2D eigenvalue weighted by atomic mass is 79.9. The Morgan fingerprint density at radius 3 is 2.46 bits per heavy atom. The molecule has 0 fully saturated rings. The number of nitrogens with two attached hydrogens (primary N) is 1. The van der Waals surface area contributed by atoms with Crippen LogP contribution >= 0.6 is 15.9 Å². The average molecular weight is 577 g/mol. The molecule has 0 saturated carbocycles. The molecular formula is C26H33BrN4O6. The Hall–Kier alpha value is -3.60. The number of aryl methyl sites for hydroxylation is 1. The van der Waals surface area contributed by atoms with Gasteiger partial charge >= 0.3 is 0 Å². The Kier molecular flexibility index (Phi) is 11.9. The third-order valence-corrected chi connectivity index (χ3v) is 5.48. The number of ether oxygens (including phenoxy) is 3. The molecule has 0 heterocycles. The van der Waals surface area contributed by atoms with E-state index in [1.165, 1.54) is 6.21 Å². The standard InChI is InChI=1S/C26H33BrN4O6/c1-5-35-22-12-18(11-19(27)25(22)37-14-23(28)32)13-29-31-26(34)20(10-16(2)3)30-24(33)15-36-21-9-7-6-8-17(21)4/h6-9,11-13,16,20H,5,10,14-15H2,1-4H3,(H2,28,32)(H,30,33)(H,31,34)/b29-13-/t20-/m0/s1. The van der Waals surface area contributed by atoms with Crippen molar-refractivity contribution in [1.82, 2.24) is 10.7 Å². The average Bonchev–Trinajstić information content (AvgIpc) is 2.82. The van der Waals surface area contributed by atoms with Gasteiger partial charge in [0.2, 0.25) is 0 Å². The predicted molar refractivity (Wildman–Crippen MR) is 144 cm³/mol. The summed E-state index contributed by atoms with van der Waals surface area (Å²) in [5, 5.41) is 6.75. The summed E-state index contributed by atoms with van der Waals surface area (Å²) in [5.74, 6) is -0.0262. The molecule has 11 heteroatoms. The van der Waals surface area contributed by atoms with Crippen LogP contribution in [0.15, 0.2) is 46.0 Å². The van der Waals surface area contributed by atoms with Crippen LogP contribution in [0, 0.1) is 12.8 Å². The topological polar surface area (TPSA) is 141 Å². The number of carbonyl (C=O) groups is 3. The Balaban J connectivity index is 2.04. The van der Waals surface area contributed by atoms with Crippen LogP contribution in [-0.2, 0) is 14.4 Å². The number of hydrogen-bond donors (Lipinski definition) is 3. The highest BCUT2D eigenvalue weighted by molar-refractivity contribution is 9.10. The van der Waals surface area contributed by atoms with Crippen molar-refractivity contribution in [3.63, 3.8) is 0 Å². The summed E-state index contributed by atoms with van der Waals surface area (Å²) in [5.41, 5.74) is 9.14. The fraction of sp³-hybridized carbons (Fsp3) is 0.385. The predicted octanol–water partition coefficient (Wildman–Crippen LogP) is 3.08. The number of hydrogen-bond acceptors (Lipinski definition) is 7. The molecule has 2 aromatic carbocycles. The number of benzene rings is 2. The van der Waals surface area contributed by atoms with Gasteiger partial charge in [-0.3, -0.25) is 14.4 Å². The molecular weight excluding hydrogens is 544 g/mol. The van der Waals surface area contributed by atoms with E-state index in [0.29, 0.717) is 40.3 Å². The van der Waals surface area contributed by atoms with Gasteiger partial charge in [-0.15, -0.1) is 0 Å². The molecule has 3 amide bonds. The zero-order valence-electron chi connectivity index (χ0n) is 21.4. The number of carbonyl (C=O) groups excluding carboxylic acids is 3. The summed E-state index contributed by atoms with van der Waals surface area (Å²) in [7, 11) is 0. The van der Waals surface area contributed by atoms with E-state index in [4.69, 9.17) is 19.9 Å². The van der Waals surface area contributed by atoms with Crippen molar-refractivity contribution in [3.8, 4) is 17.2 Å². The van der Waals surface area contributed by atoms with Gasteiger partial charge in [-0.1, -0.05) is 32.0 Å². The lowest BCUT2D eigenvalue weighted by Crippen LogP contribution is -2.47. The smallest absolute Gasteiger partial charge is 0.262 e. The number of halogens is 1. The first kappa shape index (κ1) is 29.6. The van der Waals surface area contributed by atoms with E-state index >= 15 is 0 Å². The van der Waals surface area contributed by atoms with Crippen molar-refractivity contribution in [2.45, 2.75) is 40.2 Å².